The first-order valence-corrected chi connectivity index (χ1v) is 9.47. The summed E-state index contributed by atoms with van der Waals surface area (Å²) in [5.41, 5.74) is 1.48. The molecule has 1 aromatic heterocycles. The van der Waals surface area contributed by atoms with E-state index in [0.29, 0.717) is 12.0 Å². The fourth-order valence-electron chi connectivity index (χ4n) is 2.80. The fraction of sp³-hybridized carbons (Fsp3) is 0.190. The Morgan fingerprint density at radius 3 is 2.52 bits per heavy atom. The lowest BCUT2D eigenvalue weighted by Crippen LogP contribution is -2.49. The summed E-state index contributed by atoms with van der Waals surface area (Å²) in [5, 5.41) is 17.5. The number of nitrogens with one attached hydrogen (secondary N) is 2. The number of amides is 2. The lowest BCUT2D eigenvalue weighted by molar-refractivity contribution is -0.123. The molecule has 1 heterocycles. The summed E-state index contributed by atoms with van der Waals surface area (Å²) in [6.07, 6.45) is 0.354. The zero-order valence-corrected chi connectivity index (χ0v) is 15.6. The molecule has 2 unspecified atom stereocenters. The van der Waals surface area contributed by atoms with E-state index in [1.165, 1.54) is 0 Å². The van der Waals surface area contributed by atoms with Crippen LogP contribution in [-0.2, 0) is 11.2 Å². The van der Waals surface area contributed by atoms with Gasteiger partial charge < -0.3 is 10.6 Å². The van der Waals surface area contributed by atoms with Crippen molar-refractivity contribution in [3.05, 3.63) is 71.1 Å². The number of fused-ring (bicyclic) bond motifs is 1. The van der Waals surface area contributed by atoms with E-state index in [0.717, 1.165) is 15.6 Å². The number of carbonyl (C=O) groups is 2. The Morgan fingerprint density at radius 2 is 1.78 bits per heavy atom. The van der Waals surface area contributed by atoms with Gasteiger partial charge in [0.15, 0.2) is 0 Å². The van der Waals surface area contributed by atoms with Crippen molar-refractivity contribution in [2.24, 2.45) is 0 Å². The van der Waals surface area contributed by atoms with E-state index in [-0.39, 0.29) is 11.8 Å². The SMILES string of the molecule is CC(C#N)NC(=O)C(Cc1csc2ccccc12)NC(=O)c1ccccc1. The van der Waals surface area contributed by atoms with Crippen LogP contribution < -0.4 is 10.6 Å². The van der Waals surface area contributed by atoms with E-state index >= 15 is 0 Å². The molecule has 0 bridgehead atoms. The van der Waals surface area contributed by atoms with Crippen LogP contribution in [0.15, 0.2) is 60.0 Å². The summed E-state index contributed by atoms with van der Waals surface area (Å²) in [4.78, 5) is 25.2. The molecule has 0 saturated heterocycles. The number of hydrogen-bond donors (Lipinski definition) is 2. The van der Waals surface area contributed by atoms with Gasteiger partial charge in [-0.3, -0.25) is 9.59 Å². The van der Waals surface area contributed by atoms with Crippen molar-refractivity contribution >= 4 is 33.2 Å². The van der Waals surface area contributed by atoms with Gasteiger partial charge in [0.25, 0.3) is 5.91 Å². The minimum absolute atomic E-state index is 0.320. The maximum absolute atomic E-state index is 12.7. The number of rotatable bonds is 6. The van der Waals surface area contributed by atoms with Crippen LogP contribution in [0.25, 0.3) is 10.1 Å². The molecule has 136 valence electrons. The van der Waals surface area contributed by atoms with E-state index in [2.05, 4.69) is 10.6 Å². The molecule has 3 aromatic rings. The van der Waals surface area contributed by atoms with E-state index < -0.39 is 12.1 Å². The third-order valence-corrected chi connectivity index (χ3v) is 5.21. The molecule has 2 N–H and O–H groups in total. The predicted octanol–water partition coefficient (Wildman–Crippen LogP) is 3.27. The third-order valence-electron chi connectivity index (χ3n) is 4.20. The summed E-state index contributed by atoms with van der Waals surface area (Å²) in [7, 11) is 0. The topological polar surface area (TPSA) is 82.0 Å². The molecular weight excluding hydrogens is 358 g/mol. The highest BCUT2D eigenvalue weighted by atomic mass is 32.1. The molecule has 2 amide bonds. The Morgan fingerprint density at radius 1 is 1.07 bits per heavy atom. The van der Waals surface area contributed by atoms with E-state index in [4.69, 9.17) is 5.26 Å². The first kappa shape index (κ1) is 18.6. The first-order chi connectivity index (χ1) is 13.1. The molecule has 5 nitrogen and oxygen atoms in total. The van der Waals surface area contributed by atoms with Crippen LogP contribution in [0.1, 0.15) is 22.8 Å². The number of benzene rings is 2. The minimum atomic E-state index is -0.772. The molecule has 6 heteroatoms. The summed E-state index contributed by atoms with van der Waals surface area (Å²) in [5.74, 6) is -0.691. The van der Waals surface area contributed by atoms with Gasteiger partial charge in [-0.2, -0.15) is 5.26 Å². The largest absolute Gasteiger partial charge is 0.340 e. The molecule has 0 saturated carbocycles. The molecule has 3 rings (SSSR count). The second kappa shape index (κ2) is 8.47. The summed E-state index contributed by atoms with van der Waals surface area (Å²) in [6.45, 7) is 1.61. The van der Waals surface area contributed by atoms with Gasteiger partial charge in [0.05, 0.1) is 6.07 Å². The molecule has 2 aromatic carbocycles. The number of carbonyl (C=O) groups excluding carboxylic acids is 2. The second-order valence-corrected chi connectivity index (χ2v) is 7.12. The Labute approximate surface area is 161 Å². The molecule has 0 radical (unpaired) electrons. The molecule has 0 spiro atoms. The predicted molar refractivity (Wildman–Crippen MR) is 106 cm³/mol. The lowest BCUT2D eigenvalue weighted by Gasteiger charge is -2.19. The maximum Gasteiger partial charge on any atom is 0.251 e. The van der Waals surface area contributed by atoms with Crippen molar-refractivity contribution in [2.45, 2.75) is 25.4 Å². The van der Waals surface area contributed by atoms with Crippen molar-refractivity contribution in [2.75, 3.05) is 0 Å². The van der Waals surface area contributed by atoms with Crippen LogP contribution in [0.4, 0.5) is 0 Å². The fourth-order valence-corrected chi connectivity index (χ4v) is 3.77. The minimum Gasteiger partial charge on any atom is -0.340 e. The Bertz CT molecular complexity index is 991. The monoisotopic (exact) mass is 377 g/mol. The highest BCUT2D eigenvalue weighted by molar-refractivity contribution is 7.17. The zero-order chi connectivity index (χ0) is 19.2. The van der Waals surface area contributed by atoms with Crippen molar-refractivity contribution in [3.63, 3.8) is 0 Å². The molecule has 0 aliphatic carbocycles. The first-order valence-electron chi connectivity index (χ1n) is 8.59. The number of nitriles is 1. The average Bonchev–Trinajstić information content (AvgIpc) is 3.11. The van der Waals surface area contributed by atoms with Gasteiger partial charge in [0.1, 0.15) is 12.1 Å². The van der Waals surface area contributed by atoms with E-state index in [1.54, 1.807) is 42.5 Å². The normalized spacial score (nSPS) is 12.7. The van der Waals surface area contributed by atoms with Gasteiger partial charge in [-0.15, -0.1) is 11.3 Å². The second-order valence-electron chi connectivity index (χ2n) is 6.21. The van der Waals surface area contributed by atoms with Crippen LogP contribution in [0.3, 0.4) is 0 Å². The molecule has 2 atom stereocenters. The Kier molecular flexibility index (Phi) is 5.84. The lowest BCUT2D eigenvalue weighted by atomic mass is 10.0. The van der Waals surface area contributed by atoms with Crippen molar-refractivity contribution in [3.8, 4) is 6.07 Å². The standard InChI is InChI=1S/C21H19N3O2S/c1-14(12-22)23-21(26)18(24-20(25)15-7-3-2-4-8-15)11-16-13-27-19-10-6-5-9-17(16)19/h2-10,13-14,18H,11H2,1H3,(H,23,26)(H,24,25). The quantitative estimate of drug-likeness (QED) is 0.692. The van der Waals surface area contributed by atoms with Gasteiger partial charge in [-0.25, -0.2) is 0 Å². The molecular formula is C21H19N3O2S. The summed E-state index contributed by atoms with van der Waals surface area (Å²) < 4.78 is 1.13. The van der Waals surface area contributed by atoms with Crippen molar-refractivity contribution in [1.29, 1.82) is 5.26 Å². The molecule has 0 aliphatic heterocycles. The summed E-state index contributed by atoms with van der Waals surface area (Å²) in [6, 6.07) is 17.3. The zero-order valence-electron chi connectivity index (χ0n) is 14.8. The van der Waals surface area contributed by atoms with Crippen LogP contribution >= 0.6 is 11.3 Å². The van der Waals surface area contributed by atoms with E-state index in [1.807, 2.05) is 41.8 Å². The van der Waals surface area contributed by atoms with Gasteiger partial charge >= 0.3 is 0 Å². The highest BCUT2D eigenvalue weighted by Crippen LogP contribution is 2.26. The number of hydrogen-bond acceptors (Lipinski definition) is 4. The van der Waals surface area contributed by atoms with Gasteiger partial charge in [-0.1, -0.05) is 36.4 Å². The maximum atomic E-state index is 12.7. The van der Waals surface area contributed by atoms with Gasteiger partial charge in [0, 0.05) is 16.7 Å². The molecule has 0 aliphatic rings. The van der Waals surface area contributed by atoms with Gasteiger partial charge in [0.2, 0.25) is 5.91 Å². The Hall–Kier alpha value is -3.17. The third kappa shape index (κ3) is 4.52. The summed E-state index contributed by atoms with van der Waals surface area (Å²) >= 11 is 1.60. The number of thiophene rings is 1. The highest BCUT2D eigenvalue weighted by Gasteiger charge is 2.24. The van der Waals surface area contributed by atoms with Crippen LogP contribution in [0, 0.1) is 11.3 Å². The molecule has 0 fully saturated rings. The van der Waals surface area contributed by atoms with Crippen molar-refractivity contribution < 1.29 is 9.59 Å². The Balaban J connectivity index is 1.84. The van der Waals surface area contributed by atoms with Crippen LogP contribution in [-0.4, -0.2) is 23.9 Å². The van der Waals surface area contributed by atoms with E-state index in [9.17, 15) is 9.59 Å². The number of nitrogens with zero attached hydrogens (tertiary/aromatic N) is 1. The van der Waals surface area contributed by atoms with Crippen LogP contribution in [0.2, 0.25) is 0 Å². The molecule has 27 heavy (non-hydrogen) atoms. The average molecular weight is 377 g/mol. The van der Waals surface area contributed by atoms with Crippen molar-refractivity contribution in [1.82, 2.24) is 10.6 Å². The smallest absolute Gasteiger partial charge is 0.251 e. The van der Waals surface area contributed by atoms with Gasteiger partial charge in [-0.05, 0) is 41.5 Å². The van der Waals surface area contributed by atoms with Crippen LogP contribution in [0.5, 0.6) is 0 Å².